The minimum absolute atomic E-state index is 0.225. The predicted octanol–water partition coefficient (Wildman–Crippen LogP) is -0.0859. The summed E-state index contributed by atoms with van der Waals surface area (Å²) in [5.41, 5.74) is 0. The maximum atomic E-state index is 11.7. The third-order valence-corrected chi connectivity index (χ3v) is 2.43. The number of carboxylic acids is 1. The Morgan fingerprint density at radius 2 is 2.22 bits per heavy atom. The van der Waals surface area contributed by atoms with Crippen molar-refractivity contribution in [2.45, 2.75) is 26.9 Å². The van der Waals surface area contributed by atoms with E-state index in [0.29, 0.717) is 18.9 Å². The molecule has 0 spiro atoms. The smallest absolute Gasteiger partial charge is 0.323 e. The second-order valence-corrected chi connectivity index (χ2v) is 3.60. The number of aliphatic carboxylic acids is 1. The molecule has 100 valence electrons. The van der Waals surface area contributed by atoms with Gasteiger partial charge in [-0.15, -0.1) is 10.2 Å². The van der Waals surface area contributed by atoms with Crippen LogP contribution in [0.2, 0.25) is 0 Å². The number of nitrogens with zero attached hydrogens (tertiary/aromatic N) is 4. The fraction of sp³-hybridized carbons (Fsp3) is 0.600. The van der Waals surface area contributed by atoms with Gasteiger partial charge in [-0.1, -0.05) is 0 Å². The van der Waals surface area contributed by atoms with E-state index in [2.05, 4.69) is 15.5 Å². The molecule has 1 heterocycles. The standard InChI is InChI=1S/C10H17N5O3/c1-3-14(6-9(16)17)10(18)11-5-8-13-12-7-15(8)4-2/h7H,3-6H2,1-2H3,(H,11,18)(H,16,17). The monoisotopic (exact) mass is 255 g/mol. The molecule has 0 atom stereocenters. The Bertz CT molecular complexity index is 417. The van der Waals surface area contributed by atoms with Gasteiger partial charge in [-0.3, -0.25) is 4.79 Å². The molecular weight excluding hydrogens is 238 g/mol. The Labute approximate surface area is 105 Å². The average molecular weight is 255 g/mol. The summed E-state index contributed by atoms with van der Waals surface area (Å²) < 4.78 is 1.80. The van der Waals surface area contributed by atoms with Gasteiger partial charge in [0.05, 0.1) is 6.54 Å². The van der Waals surface area contributed by atoms with E-state index >= 15 is 0 Å². The predicted molar refractivity (Wildman–Crippen MR) is 62.8 cm³/mol. The van der Waals surface area contributed by atoms with Crippen LogP contribution in [-0.2, 0) is 17.9 Å². The van der Waals surface area contributed by atoms with Gasteiger partial charge in [0.2, 0.25) is 0 Å². The van der Waals surface area contributed by atoms with Crippen molar-refractivity contribution in [3.8, 4) is 0 Å². The molecule has 1 aromatic rings. The van der Waals surface area contributed by atoms with Gasteiger partial charge in [0.25, 0.3) is 0 Å². The minimum Gasteiger partial charge on any atom is -0.480 e. The van der Waals surface area contributed by atoms with Crippen LogP contribution >= 0.6 is 0 Å². The van der Waals surface area contributed by atoms with Crippen LogP contribution in [0.5, 0.6) is 0 Å². The number of urea groups is 1. The molecule has 8 heteroatoms. The zero-order chi connectivity index (χ0) is 13.5. The number of hydrogen-bond donors (Lipinski definition) is 2. The van der Waals surface area contributed by atoms with Crippen LogP contribution in [0.25, 0.3) is 0 Å². The fourth-order valence-corrected chi connectivity index (χ4v) is 1.44. The number of aromatic nitrogens is 3. The Hall–Kier alpha value is -2.12. The van der Waals surface area contributed by atoms with Crippen molar-refractivity contribution < 1.29 is 14.7 Å². The lowest BCUT2D eigenvalue weighted by Crippen LogP contribution is -2.42. The van der Waals surface area contributed by atoms with Crippen molar-refractivity contribution in [1.82, 2.24) is 25.0 Å². The van der Waals surface area contributed by atoms with Crippen molar-refractivity contribution in [2.24, 2.45) is 0 Å². The highest BCUT2D eigenvalue weighted by Crippen LogP contribution is 1.96. The highest BCUT2D eigenvalue weighted by Gasteiger charge is 2.15. The van der Waals surface area contributed by atoms with Gasteiger partial charge in [0, 0.05) is 13.1 Å². The molecule has 2 amide bonds. The van der Waals surface area contributed by atoms with Gasteiger partial charge in [-0.05, 0) is 13.8 Å². The summed E-state index contributed by atoms with van der Waals surface area (Å²) in [6, 6.07) is -0.425. The molecule has 0 radical (unpaired) electrons. The third-order valence-electron chi connectivity index (χ3n) is 2.43. The molecule has 1 rings (SSSR count). The maximum absolute atomic E-state index is 11.7. The van der Waals surface area contributed by atoms with Crippen molar-refractivity contribution >= 4 is 12.0 Å². The number of hydrogen-bond acceptors (Lipinski definition) is 4. The first kappa shape index (κ1) is 13.9. The summed E-state index contributed by atoms with van der Waals surface area (Å²) in [6.45, 7) is 4.61. The molecule has 8 nitrogen and oxygen atoms in total. The Morgan fingerprint density at radius 1 is 1.50 bits per heavy atom. The molecule has 0 aliphatic rings. The Balaban J connectivity index is 2.51. The molecular formula is C10H17N5O3. The molecule has 18 heavy (non-hydrogen) atoms. The van der Waals surface area contributed by atoms with Crippen LogP contribution in [0, 0.1) is 0 Å². The van der Waals surface area contributed by atoms with E-state index in [0.717, 1.165) is 0 Å². The zero-order valence-corrected chi connectivity index (χ0v) is 10.5. The van der Waals surface area contributed by atoms with Gasteiger partial charge in [0.1, 0.15) is 12.9 Å². The Kier molecular flexibility index (Phi) is 5.09. The number of amides is 2. The molecule has 0 saturated carbocycles. The summed E-state index contributed by atoms with van der Waals surface area (Å²) in [5.74, 6) is -0.402. The molecule has 0 unspecified atom stereocenters. The SMILES string of the molecule is CCN(CC(=O)O)C(=O)NCc1nncn1CC. The number of likely N-dealkylation sites (N-methyl/N-ethyl adjacent to an activating group) is 1. The first-order chi connectivity index (χ1) is 8.58. The molecule has 1 aromatic heterocycles. The normalized spacial score (nSPS) is 10.1. The van der Waals surface area contributed by atoms with E-state index < -0.39 is 12.0 Å². The van der Waals surface area contributed by atoms with E-state index in [1.807, 2.05) is 6.92 Å². The van der Waals surface area contributed by atoms with Gasteiger partial charge in [-0.25, -0.2) is 4.79 Å². The molecule has 0 aromatic carbocycles. The lowest BCUT2D eigenvalue weighted by molar-refractivity contribution is -0.137. The van der Waals surface area contributed by atoms with Crippen molar-refractivity contribution in [3.05, 3.63) is 12.2 Å². The van der Waals surface area contributed by atoms with Crippen molar-refractivity contribution in [1.29, 1.82) is 0 Å². The largest absolute Gasteiger partial charge is 0.480 e. The van der Waals surface area contributed by atoms with Gasteiger partial charge >= 0.3 is 12.0 Å². The Morgan fingerprint density at radius 3 is 2.78 bits per heavy atom. The fourth-order valence-electron chi connectivity index (χ4n) is 1.44. The number of carbonyl (C=O) groups excluding carboxylic acids is 1. The number of nitrogens with one attached hydrogen (secondary N) is 1. The minimum atomic E-state index is -1.04. The number of aryl methyl sites for hydroxylation is 1. The quantitative estimate of drug-likeness (QED) is 0.740. The van der Waals surface area contributed by atoms with E-state index in [1.165, 1.54) is 4.90 Å². The number of rotatable bonds is 6. The van der Waals surface area contributed by atoms with E-state index in [1.54, 1.807) is 17.8 Å². The van der Waals surface area contributed by atoms with Gasteiger partial charge in [0.15, 0.2) is 5.82 Å². The van der Waals surface area contributed by atoms with Gasteiger partial charge < -0.3 is 19.9 Å². The lowest BCUT2D eigenvalue weighted by Gasteiger charge is -2.18. The third kappa shape index (κ3) is 3.72. The van der Waals surface area contributed by atoms with Crippen LogP contribution in [0.15, 0.2) is 6.33 Å². The molecule has 0 aliphatic heterocycles. The van der Waals surface area contributed by atoms with Crippen LogP contribution in [0.3, 0.4) is 0 Å². The number of carbonyl (C=O) groups is 2. The van der Waals surface area contributed by atoms with Gasteiger partial charge in [-0.2, -0.15) is 0 Å². The molecule has 0 fully saturated rings. The van der Waals surface area contributed by atoms with E-state index in [9.17, 15) is 9.59 Å². The van der Waals surface area contributed by atoms with Crippen LogP contribution < -0.4 is 5.32 Å². The number of carboxylic acid groups (broad SMARTS) is 1. The summed E-state index contributed by atoms with van der Waals surface area (Å²) >= 11 is 0. The van der Waals surface area contributed by atoms with Crippen molar-refractivity contribution in [3.63, 3.8) is 0 Å². The summed E-state index contributed by atoms with van der Waals surface area (Å²) in [5, 5.41) is 18.9. The van der Waals surface area contributed by atoms with Crippen molar-refractivity contribution in [2.75, 3.05) is 13.1 Å². The first-order valence-electron chi connectivity index (χ1n) is 5.69. The molecule has 0 aliphatic carbocycles. The molecule has 0 saturated heterocycles. The summed E-state index contributed by atoms with van der Waals surface area (Å²) in [7, 11) is 0. The first-order valence-corrected chi connectivity index (χ1v) is 5.69. The second kappa shape index (κ2) is 6.58. The zero-order valence-electron chi connectivity index (χ0n) is 10.5. The topological polar surface area (TPSA) is 100 Å². The summed E-state index contributed by atoms with van der Waals surface area (Å²) in [6.07, 6.45) is 1.58. The van der Waals surface area contributed by atoms with E-state index in [-0.39, 0.29) is 13.1 Å². The van der Waals surface area contributed by atoms with Crippen LogP contribution in [-0.4, -0.2) is 49.9 Å². The summed E-state index contributed by atoms with van der Waals surface area (Å²) in [4.78, 5) is 23.5. The highest BCUT2D eigenvalue weighted by atomic mass is 16.4. The second-order valence-electron chi connectivity index (χ2n) is 3.60. The van der Waals surface area contributed by atoms with Crippen LogP contribution in [0.1, 0.15) is 19.7 Å². The lowest BCUT2D eigenvalue weighted by atomic mass is 10.5. The average Bonchev–Trinajstić information content (AvgIpc) is 2.80. The maximum Gasteiger partial charge on any atom is 0.323 e. The molecule has 2 N–H and O–H groups in total. The van der Waals surface area contributed by atoms with Crippen LogP contribution in [0.4, 0.5) is 4.79 Å². The van der Waals surface area contributed by atoms with E-state index in [4.69, 9.17) is 5.11 Å². The highest BCUT2D eigenvalue weighted by molar-refractivity contribution is 5.79. The molecule has 0 bridgehead atoms.